The third-order valence-corrected chi connectivity index (χ3v) is 4.04. The van der Waals surface area contributed by atoms with Crippen LogP contribution in [0.5, 0.6) is 0 Å². The molecule has 2 atom stereocenters. The minimum absolute atomic E-state index is 0. The summed E-state index contributed by atoms with van der Waals surface area (Å²) in [6, 6.07) is 8.43. The minimum Gasteiger partial charge on any atom is -0.353 e. The predicted molar refractivity (Wildman–Crippen MR) is 88.3 cm³/mol. The van der Waals surface area contributed by atoms with Gasteiger partial charge in [-0.25, -0.2) is 0 Å². The normalized spacial score (nSPS) is 19.8. The second-order valence-corrected chi connectivity index (χ2v) is 6.20. The molecule has 2 N–H and O–H groups in total. The molecule has 2 rings (SSSR count). The Morgan fingerprint density at radius 2 is 2.15 bits per heavy atom. The first kappa shape index (κ1) is 17.5. The highest BCUT2D eigenvalue weighted by atomic mass is 79.9. The summed E-state index contributed by atoms with van der Waals surface area (Å²) < 4.78 is 1.08. The van der Waals surface area contributed by atoms with Crippen molar-refractivity contribution in [3.05, 3.63) is 34.3 Å². The van der Waals surface area contributed by atoms with Crippen molar-refractivity contribution in [3.8, 4) is 0 Å². The van der Waals surface area contributed by atoms with E-state index in [2.05, 4.69) is 45.6 Å². The molecule has 3 nitrogen and oxygen atoms in total. The molecule has 0 aromatic heterocycles. The maximum Gasteiger partial charge on any atom is 0.224 e. The summed E-state index contributed by atoms with van der Waals surface area (Å²) >= 11 is 3.43. The summed E-state index contributed by atoms with van der Waals surface area (Å²) in [6.07, 6.45) is 2.97. The lowest BCUT2D eigenvalue weighted by Crippen LogP contribution is -2.44. The van der Waals surface area contributed by atoms with Gasteiger partial charge in [-0.3, -0.25) is 4.79 Å². The number of amides is 1. The molecule has 20 heavy (non-hydrogen) atoms. The van der Waals surface area contributed by atoms with E-state index in [9.17, 15) is 4.79 Å². The molecule has 1 amide bonds. The van der Waals surface area contributed by atoms with Crippen molar-refractivity contribution in [2.24, 2.45) is 5.92 Å². The minimum atomic E-state index is 0. The standard InChI is InChI=1S/C15H21BrN2O.ClH/c1-11(9-12-4-6-14(16)7-5-12)18-15(19)13-3-2-8-17-10-13;/h4-7,11,13,17H,2-3,8-10H2,1H3,(H,18,19);1H/t11?,13-;/m1./s1. The molecule has 1 saturated heterocycles. The number of hydrogen-bond donors (Lipinski definition) is 2. The van der Waals surface area contributed by atoms with Crippen molar-refractivity contribution in [1.82, 2.24) is 10.6 Å². The molecule has 0 aliphatic carbocycles. The Morgan fingerprint density at radius 1 is 1.45 bits per heavy atom. The lowest BCUT2D eigenvalue weighted by molar-refractivity contribution is -0.126. The zero-order chi connectivity index (χ0) is 13.7. The Bertz CT molecular complexity index is 418. The summed E-state index contributed by atoms with van der Waals surface area (Å²) in [5.41, 5.74) is 1.25. The van der Waals surface area contributed by atoms with Crippen molar-refractivity contribution < 1.29 is 4.79 Å². The number of hydrogen-bond acceptors (Lipinski definition) is 2. The molecule has 1 heterocycles. The molecule has 1 aromatic rings. The fraction of sp³-hybridized carbons (Fsp3) is 0.533. The predicted octanol–water partition coefficient (Wildman–Crippen LogP) is 2.92. The summed E-state index contributed by atoms with van der Waals surface area (Å²) in [6.45, 7) is 3.92. The second kappa shape index (κ2) is 8.65. The molecule has 5 heteroatoms. The number of piperidine rings is 1. The summed E-state index contributed by atoms with van der Waals surface area (Å²) in [5, 5.41) is 6.40. The lowest BCUT2D eigenvalue weighted by atomic mass is 9.98. The van der Waals surface area contributed by atoms with Crippen LogP contribution in [0.3, 0.4) is 0 Å². The average molecular weight is 362 g/mol. The Labute approximate surface area is 135 Å². The number of nitrogens with one attached hydrogen (secondary N) is 2. The monoisotopic (exact) mass is 360 g/mol. The fourth-order valence-corrected chi connectivity index (χ4v) is 2.73. The molecule has 0 radical (unpaired) electrons. The summed E-state index contributed by atoms with van der Waals surface area (Å²) in [5.74, 6) is 0.331. The number of halogens is 2. The van der Waals surface area contributed by atoms with E-state index in [-0.39, 0.29) is 30.3 Å². The van der Waals surface area contributed by atoms with E-state index in [0.717, 1.165) is 36.8 Å². The van der Waals surface area contributed by atoms with Crippen LogP contribution in [0.4, 0.5) is 0 Å². The SMILES string of the molecule is CC(Cc1ccc(Br)cc1)NC(=O)[C@@H]1CCCNC1.Cl. The Morgan fingerprint density at radius 3 is 2.75 bits per heavy atom. The zero-order valence-corrected chi connectivity index (χ0v) is 14.1. The lowest BCUT2D eigenvalue weighted by Gasteiger charge is -2.24. The fourth-order valence-electron chi connectivity index (χ4n) is 2.46. The van der Waals surface area contributed by atoms with E-state index in [0.29, 0.717) is 0 Å². The smallest absolute Gasteiger partial charge is 0.224 e. The Balaban J connectivity index is 0.00000200. The van der Waals surface area contributed by atoms with Gasteiger partial charge in [0.1, 0.15) is 0 Å². The van der Waals surface area contributed by atoms with Gasteiger partial charge in [-0.1, -0.05) is 28.1 Å². The van der Waals surface area contributed by atoms with Crippen LogP contribution in [0.2, 0.25) is 0 Å². The van der Waals surface area contributed by atoms with E-state index < -0.39 is 0 Å². The largest absolute Gasteiger partial charge is 0.353 e. The van der Waals surface area contributed by atoms with Crippen LogP contribution in [0.1, 0.15) is 25.3 Å². The number of carbonyl (C=O) groups is 1. The van der Waals surface area contributed by atoms with Crippen molar-refractivity contribution in [3.63, 3.8) is 0 Å². The van der Waals surface area contributed by atoms with E-state index in [1.165, 1.54) is 5.56 Å². The average Bonchev–Trinajstić information content (AvgIpc) is 2.42. The molecule has 0 spiro atoms. The van der Waals surface area contributed by atoms with Gasteiger partial charge in [-0.05, 0) is 50.4 Å². The van der Waals surface area contributed by atoms with E-state index >= 15 is 0 Å². The zero-order valence-electron chi connectivity index (χ0n) is 11.7. The molecule has 1 fully saturated rings. The molecule has 1 aliphatic rings. The first-order valence-corrected chi connectivity index (χ1v) is 7.70. The topological polar surface area (TPSA) is 41.1 Å². The molecular weight excluding hydrogens is 340 g/mol. The van der Waals surface area contributed by atoms with Gasteiger partial charge < -0.3 is 10.6 Å². The molecule has 112 valence electrons. The van der Waals surface area contributed by atoms with Gasteiger partial charge in [-0.2, -0.15) is 0 Å². The van der Waals surface area contributed by atoms with Gasteiger partial charge in [0.25, 0.3) is 0 Å². The van der Waals surface area contributed by atoms with Crippen LogP contribution in [-0.2, 0) is 11.2 Å². The highest BCUT2D eigenvalue weighted by Gasteiger charge is 2.21. The first-order valence-electron chi connectivity index (χ1n) is 6.90. The summed E-state index contributed by atoms with van der Waals surface area (Å²) in [7, 11) is 0. The number of benzene rings is 1. The van der Waals surface area contributed by atoms with Crippen molar-refractivity contribution in [2.45, 2.75) is 32.2 Å². The first-order chi connectivity index (χ1) is 9.15. The third-order valence-electron chi connectivity index (χ3n) is 3.51. The third kappa shape index (κ3) is 5.43. The van der Waals surface area contributed by atoms with Crippen LogP contribution in [0.15, 0.2) is 28.7 Å². The maximum absolute atomic E-state index is 12.1. The molecular formula is C15H22BrClN2O. The van der Waals surface area contributed by atoms with Crippen LogP contribution in [0.25, 0.3) is 0 Å². The molecule has 0 bridgehead atoms. The van der Waals surface area contributed by atoms with Gasteiger partial charge >= 0.3 is 0 Å². The van der Waals surface area contributed by atoms with Gasteiger partial charge in [0.05, 0.1) is 5.92 Å². The second-order valence-electron chi connectivity index (χ2n) is 5.28. The van der Waals surface area contributed by atoms with Crippen LogP contribution < -0.4 is 10.6 Å². The van der Waals surface area contributed by atoms with Crippen LogP contribution in [0, 0.1) is 5.92 Å². The quantitative estimate of drug-likeness (QED) is 0.866. The Hall–Kier alpha value is -0.580. The van der Waals surface area contributed by atoms with Gasteiger partial charge in [0.15, 0.2) is 0 Å². The van der Waals surface area contributed by atoms with Gasteiger partial charge in [-0.15, -0.1) is 12.4 Å². The van der Waals surface area contributed by atoms with E-state index in [1.807, 2.05) is 12.1 Å². The molecule has 1 aromatic carbocycles. The van der Waals surface area contributed by atoms with Crippen molar-refractivity contribution >= 4 is 34.2 Å². The highest BCUT2D eigenvalue weighted by Crippen LogP contribution is 2.13. The van der Waals surface area contributed by atoms with Gasteiger partial charge in [0, 0.05) is 17.1 Å². The summed E-state index contributed by atoms with van der Waals surface area (Å²) in [4.78, 5) is 12.1. The van der Waals surface area contributed by atoms with E-state index in [1.54, 1.807) is 0 Å². The van der Waals surface area contributed by atoms with Crippen molar-refractivity contribution in [2.75, 3.05) is 13.1 Å². The number of rotatable bonds is 4. The molecule has 0 saturated carbocycles. The van der Waals surface area contributed by atoms with Crippen molar-refractivity contribution in [1.29, 1.82) is 0 Å². The van der Waals surface area contributed by atoms with E-state index in [4.69, 9.17) is 0 Å². The van der Waals surface area contributed by atoms with Crippen LogP contribution >= 0.6 is 28.3 Å². The molecule has 1 unspecified atom stereocenters. The Kier molecular flexibility index (Phi) is 7.56. The number of carbonyl (C=O) groups excluding carboxylic acids is 1. The highest BCUT2D eigenvalue weighted by molar-refractivity contribution is 9.10. The van der Waals surface area contributed by atoms with Crippen LogP contribution in [-0.4, -0.2) is 25.0 Å². The van der Waals surface area contributed by atoms with Gasteiger partial charge in [0.2, 0.25) is 5.91 Å². The molecule has 1 aliphatic heterocycles. The maximum atomic E-state index is 12.1.